The molecule has 2 rings (SSSR count). The Kier molecular flexibility index (Phi) is 4.01. The molecule has 5 heteroatoms. The van der Waals surface area contributed by atoms with Crippen LogP contribution >= 0.6 is 12.4 Å². The van der Waals surface area contributed by atoms with Gasteiger partial charge < -0.3 is 5.11 Å². The van der Waals surface area contributed by atoms with Crippen LogP contribution in [-0.2, 0) is 11.2 Å². The number of carboxylic acids is 1. The first-order valence-electron chi connectivity index (χ1n) is 4.88. The highest BCUT2D eigenvalue weighted by Gasteiger charge is 2.27. The zero-order chi connectivity index (χ0) is 10.8. The second-order valence-electron chi connectivity index (χ2n) is 3.71. The van der Waals surface area contributed by atoms with Gasteiger partial charge in [0, 0.05) is 12.6 Å². The molecule has 1 aromatic heterocycles. The molecule has 0 saturated heterocycles. The molecule has 1 aromatic rings. The van der Waals surface area contributed by atoms with E-state index in [-0.39, 0.29) is 24.6 Å². The van der Waals surface area contributed by atoms with Crippen LogP contribution in [-0.4, -0.2) is 21.8 Å². The van der Waals surface area contributed by atoms with Crippen molar-refractivity contribution in [3.63, 3.8) is 0 Å². The molecular weight excluding hydrogens is 230 g/mol. The zero-order valence-corrected chi connectivity index (χ0v) is 9.37. The Hall–Kier alpha value is -1.42. The number of Topliss-reactive ketones (excluding diaryl/α,β-unsaturated/α-hetero) is 1. The Balaban J connectivity index is 0.00000128. The summed E-state index contributed by atoms with van der Waals surface area (Å²) < 4.78 is 0. The Morgan fingerprint density at radius 2 is 2.25 bits per heavy atom. The van der Waals surface area contributed by atoms with E-state index >= 15 is 0 Å². The van der Waals surface area contributed by atoms with Crippen molar-refractivity contribution in [2.24, 2.45) is 5.92 Å². The lowest BCUT2D eigenvalue weighted by molar-refractivity contribution is -0.141. The molecule has 0 aliphatic heterocycles. The van der Waals surface area contributed by atoms with Crippen molar-refractivity contribution in [3.05, 3.63) is 29.6 Å². The molecule has 0 amide bonds. The number of carbonyl (C=O) groups excluding carboxylic acids is 1. The highest BCUT2D eigenvalue weighted by Crippen LogP contribution is 2.23. The number of pyridine rings is 1. The summed E-state index contributed by atoms with van der Waals surface area (Å²) in [5.74, 6) is -1.61. The summed E-state index contributed by atoms with van der Waals surface area (Å²) in [6, 6.07) is 3.61. The average Bonchev–Trinajstić information content (AvgIpc) is 2.39. The smallest absolute Gasteiger partial charge is 0.306 e. The normalized spacial score (nSPS) is 19.2. The van der Waals surface area contributed by atoms with Crippen LogP contribution in [0.4, 0.5) is 0 Å². The number of aryl methyl sites for hydroxylation is 1. The molecule has 1 aliphatic rings. The number of ketones is 1. The van der Waals surface area contributed by atoms with Crippen molar-refractivity contribution < 1.29 is 14.7 Å². The van der Waals surface area contributed by atoms with Gasteiger partial charge in [-0.3, -0.25) is 14.6 Å². The number of rotatable bonds is 1. The summed E-state index contributed by atoms with van der Waals surface area (Å²) >= 11 is 0. The molecule has 16 heavy (non-hydrogen) atoms. The first-order valence-corrected chi connectivity index (χ1v) is 4.88. The number of halogens is 1. The van der Waals surface area contributed by atoms with E-state index in [2.05, 4.69) is 4.98 Å². The van der Waals surface area contributed by atoms with Crippen molar-refractivity contribution in [1.29, 1.82) is 0 Å². The number of aromatic nitrogens is 1. The van der Waals surface area contributed by atoms with Crippen LogP contribution < -0.4 is 0 Å². The summed E-state index contributed by atoms with van der Waals surface area (Å²) in [4.78, 5) is 26.5. The van der Waals surface area contributed by atoms with Crippen LogP contribution in [0.5, 0.6) is 0 Å². The summed E-state index contributed by atoms with van der Waals surface area (Å²) in [5.41, 5.74) is 1.31. The fourth-order valence-electron chi connectivity index (χ4n) is 1.85. The second-order valence-corrected chi connectivity index (χ2v) is 3.71. The molecule has 1 atom stereocenters. The van der Waals surface area contributed by atoms with E-state index in [1.54, 1.807) is 12.3 Å². The minimum atomic E-state index is -0.892. The largest absolute Gasteiger partial charge is 0.481 e. The maximum atomic E-state index is 11.7. The fraction of sp³-hybridized carbons (Fsp3) is 0.364. The molecule has 0 spiro atoms. The molecule has 0 fully saturated rings. The van der Waals surface area contributed by atoms with E-state index in [0.717, 1.165) is 5.56 Å². The number of aliphatic carboxylic acids is 1. The van der Waals surface area contributed by atoms with Gasteiger partial charge in [0.1, 0.15) is 5.69 Å². The van der Waals surface area contributed by atoms with Crippen LogP contribution in [0.3, 0.4) is 0 Å². The summed E-state index contributed by atoms with van der Waals surface area (Å²) in [5, 5.41) is 8.89. The molecule has 0 saturated carbocycles. The van der Waals surface area contributed by atoms with E-state index in [4.69, 9.17) is 5.11 Å². The predicted molar refractivity (Wildman–Crippen MR) is 59.9 cm³/mol. The SMILES string of the molecule is Cl.O=C1CC(C(=O)O)CCc2cccnc21. The van der Waals surface area contributed by atoms with Gasteiger partial charge in [0.05, 0.1) is 5.92 Å². The Morgan fingerprint density at radius 1 is 1.50 bits per heavy atom. The molecule has 4 nitrogen and oxygen atoms in total. The van der Waals surface area contributed by atoms with Crippen molar-refractivity contribution >= 4 is 24.2 Å². The van der Waals surface area contributed by atoms with Crippen molar-refractivity contribution in [3.8, 4) is 0 Å². The zero-order valence-electron chi connectivity index (χ0n) is 8.55. The van der Waals surface area contributed by atoms with Crippen molar-refractivity contribution in [1.82, 2.24) is 4.98 Å². The van der Waals surface area contributed by atoms with E-state index in [1.807, 2.05) is 6.07 Å². The van der Waals surface area contributed by atoms with Gasteiger partial charge in [-0.15, -0.1) is 12.4 Å². The third-order valence-corrected chi connectivity index (χ3v) is 2.70. The third kappa shape index (κ3) is 2.39. The minimum Gasteiger partial charge on any atom is -0.481 e. The maximum absolute atomic E-state index is 11.7. The van der Waals surface area contributed by atoms with Gasteiger partial charge in [-0.2, -0.15) is 0 Å². The van der Waals surface area contributed by atoms with Crippen LogP contribution in [0.2, 0.25) is 0 Å². The van der Waals surface area contributed by atoms with Crippen molar-refractivity contribution in [2.45, 2.75) is 19.3 Å². The number of nitrogens with zero attached hydrogens (tertiary/aromatic N) is 1. The highest BCUT2D eigenvalue weighted by atomic mass is 35.5. The number of hydrogen-bond acceptors (Lipinski definition) is 3. The molecule has 1 unspecified atom stereocenters. The Labute approximate surface area is 99.1 Å². The third-order valence-electron chi connectivity index (χ3n) is 2.70. The number of fused-ring (bicyclic) bond motifs is 1. The lowest BCUT2D eigenvalue weighted by Gasteiger charge is -2.05. The quantitative estimate of drug-likeness (QED) is 0.761. The van der Waals surface area contributed by atoms with Crippen molar-refractivity contribution in [2.75, 3.05) is 0 Å². The van der Waals surface area contributed by atoms with Gasteiger partial charge in [0.25, 0.3) is 0 Å². The lowest BCUT2D eigenvalue weighted by Crippen LogP contribution is -2.16. The number of carboxylic acid groups (broad SMARTS) is 1. The van der Waals surface area contributed by atoms with Crippen LogP contribution in [0.15, 0.2) is 18.3 Å². The molecular formula is C11H12ClNO3. The predicted octanol–water partition coefficient (Wildman–Crippen LogP) is 1.72. The molecule has 0 aromatic carbocycles. The van der Waals surface area contributed by atoms with Gasteiger partial charge in [0.2, 0.25) is 0 Å². The molecule has 0 radical (unpaired) electrons. The molecule has 1 N–H and O–H groups in total. The van der Waals surface area contributed by atoms with E-state index in [1.165, 1.54) is 0 Å². The standard InChI is InChI=1S/C11H11NO3.ClH/c13-9-6-8(11(14)15)4-3-7-2-1-5-12-10(7)9;/h1-2,5,8H,3-4,6H2,(H,14,15);1H. The first-order chi connectivity index (χ1) is 7.18. The average molecular weight is 242 g/mol. The van der Waals surface area contributed by atoms with E-state index in [9.17, 15) is 9.59 Å². The van der Waals surface area contributed by atoms with Crippen LogP contribution in [0.1, 0.15) is 28.9 Å². The summed E-state index contributed by atoms with van der Waals surface area (Å²) in [7, 11) is 0. The summed E-state index contributed by atoms with van der Waals surface area (Å²) in [6.07, 6.45) is 2.77. The molecule has 1 aliphatic carbocycles. The fourth-order valence-corrected chi connectivity index (χ4v) is 1.85. The maximum Gasteiger partial charge on any atom is 0.306 e. The monoisotopic (exact) mass is 241 g/mol. The van der Waals surface area contributed by atoms with Gasteiger partial charge in [-0.25, -0.2) is 0 Å². The highest BCUT2D eigenvalue weighted by molar-refractivity contribution is 5.98. The van der Waals surface area contributed by atoms with Crippen LogP contribution in [0, 0.1) is 5.92 Å². The first kappa shape index (κ1) is 12.6. The minimum absolute atomic E-state index is 0. The van der Waals surface area contributed by atoms with E-state index < -0.39 is 11.9 Å². The van der Waals surface area contributed by atoms with Gasteiger partial charge in [-0.05, 0) is 24.5 Å². The summed E-state index contributed by atoms with van der Waals surface area (Å²) in [6.45, 7) is 0. The molecule has 0 bridgehead atoms. The Bertz CT molecular complexity index is 419. The molecule has 1 heterocycles. The molecule has 86 valence electrons. The Morgan fingerprint density at radius 3 is 2.94 bits per heavy atom. The number of hydrogen-bond donors (Lipinski definition) is 1. The number of carbonyl (C=O) groups is 2. The van der Waals surface area contributed by atoms with Crippen LogP contribution in [0.25, 0.3) is 0 Å². The lowest BCUT2D eigenvalue weighted by atomic mass is 10.00. The van der Waals surface area contributed by atoms with E-state index in [0.29, 0.717) is 18.5 Å². The second kappa shape index (κ2) is 5.07. The van der Waals surface area contributed by atoms with Gasteiger partial charge in [0.15, 0.2) is 5.78 Å². The topological polar surface area (TPSA) is 67.3 Å². The van der Waals surface area contributed by atoms with Gasteiger partial charge in [-0.1, -0.05) is 6.07 Å². The van der Waals surface area contributed by atoms with Gasteiger partial charge >= 0.3 is 5.97 Å².